The Hall–Kier alpha value is -1.14. The molecule has 6 nitrogen and oxygen atoms in total. The summed E-state index contributed by atoms with van der Waals surface area (Å²) in [5.74, 6) is -1.92. The predicted octanol–water partition coefficient (Wildman–Crippen LogP) is -0.829. The summed E-state index contributed by atoms with van der Waals surface area (Å²) in [6.07, 6.45) is 1.49. The zero-order valence-electron chi connectivity index (χ0n) is 6.99. The molecule has 0 aromatic carbocycles. The Labute approximate surface area is 74.9 Å². The number of aliphatic carboxylic acids is 2. The maximum atomic E-state index is 10.5. The van der Waals surface area contributed by atoms with Crippen molar-refractivity contribution in [3.05, 3.63) is 0 Å². The molecular formula is C7H12N2O4. The summed E-state index contributed by atoms with van der Waals surface area (Å²) < 4.78 is 0. The minimum absolute atomic E-state index is 0.451. The highest BCUT2D eigenvalue weighted by atomic mass is 16.4. The van der Waals surface area contributed by atoms with E-state index in [4.69, 9.17) is 10.2 Å². The average molecular weight is 188 g/mol. The number of hydrazine groups is 1. The van der Waals surface area contributed by atoms with Gasteiger partial charge in [0.25, 0.3) is 0 Å². The van der Waals surface area contributed by atoms with Gasteiger partial charge in [-0.1, -0.05) is 0 Å². The third kappa shape index (κ3) is 2.67. The number of carbonyl (C=O) groups is 2. The lowest BCUT2D eigenvalue weighted by molar-refractivity contribution is -0.142. The Morgan fingerprint density at radius 1 is 1.00 bits per heavy atom. The normalized spacial score (nSPS) is 29.2. The van der Waals surface area contributed by atoms with Gasteiger partial charge in [0.05, 0.1) is 0 Å². The van der Waals surface area contributed by atoms with Gasteiger partial charge in [0, 0.05) is 0 Å². The van der Waals surface area contributed by atoms with E-state index in [1.165, 1.54) is 0 Å². The van der Waals surface area contributed by atoms with Crippen molar-refractivity contribution in [2.45, 2.75) is 31.3 Å². The number of nitrogens with one attached hydrogen (secondary N) is 2. The van der Waals surface area contributed by atoms with Crippen LogP contribution in [0.4, 0.5) is 0 Å². The average Bonchev–Trinajstić information content (AvgIpc) is 2.27. The second-order valence-electron chi connectivity index (χ2n) is 3.00. The van der Waals surface area contributed by atoms with E-state index >= 15 is 0 Å². The highest BCUT2D eigenvalue weighted by Gasteiger charge is 2.25. The molecule has 6 heteroatoms. The standard InChI is InChI=1S/C7H12N2O4/c10-6(11)4-2-1-3-5(7(12)13)9-8-4/h4-5,8-9H,1-3H2,(H,10,11)(H,12,13)/t4-,5-/m1/s1. The van der Waals surface area contributed by atoms with Crippen molar-refractivity contribution in [3.63, 3.8) is 0 Å². The molecule has 0 spiro atoms. The van der Waals surface area contributed by atoms with Gasteiger partial charge >= 0.3 is 11.9 Å². The molecule has 0 radical (unpaired) electrons. The van der Waals surface area contributed by atoms with Crippen LogP contribution < -0.4 is 10.9 Å². The van der Waals surface area contributed by atoms with Gasteiger partial charge in [0.2, 0.25) is 0 Å². The molecule has 0 bridgehead atoms. The SMILES string of the molecule is O=C(O)[C@H]1CCC[C@H](C(=O)O)NN1. The Bertz CT molecular complexity index is 197. The maximum absolute atomic E-state index is 10.5. The molecule has 0 amide bonds. The molecule has 0 saturated carbocycles. The number of carboxylic acid groups (broad SMARTS) is 2. The first-order valence-corrected chi connectivity index (χ1v) is 4.08. The molecular weight excluding hydrogens is 176 g/mol. The van der Waals surface area contributed by atoms with Crippen LogP contribution in [0.25, 0.3) is 0 Å². The smallest absolute Gasteiger partial charge is 0.322 e. The number of hydrogen-bond acceptors (Lipinski definition) is 4. The first-order valence-electron chi connectivity index (χ1n) is 4.08. The van der Waals surface area contributed by atoms with Gasteiger partial charge in [0.1, 0.15) is 12.1 Å². The van der Waals surface area contributed by atoms with Crippen LogP contribution in [-0.4, -0.2) is 34.2 Å². The lowest BCUT2D eigenvalue weighted by atomic mass is 10.1. The second kappa shape index (κ2) is 4.20. The molecule has 1 aliphatic heterocycles. The van der Waals surface area contributed by atoms with Gasteiger partial charge in [0.15, 0.2) is 0 Å². The number of hydrogen-bond donors (Lipinski definition) is 4. The molecule has 1 heterocycles. The topological polar surface area (TPSA) is 98.7 Å². The van der Waals surface area contributed by atoms with Crippen molar-refractivity contribution in [2.24, 2.45) is 0 Å². The van der Waals surface area contributed by atoms with E-state index in [0.717, 1.165) is 0 Å². The van der Waals surface area contributed by atoms with Crippen molar-refractivity contribution < 1.29 is 19.8 Å². The second-order valence-corrected chi connectivity index (χ2v) is 3.00. The van der Waals surface area contributed by atoms with Gasteiger partial charge in [-0.15, -0.1) is 0 Å². The molecule has 0 unspecified atom stereocenters. The molecule has 0 aliphatic carbocycles. The molecule has 74 valence electrons. The van der Waals surface area contributed by atoms with E-state index in [9.17, 15) is 9.59 Å². The Morgan fingerprint density at radius 3 is 1.69 bits per heavy atom. The highest BCUT2D eigenvalue weighted by Crippen LogP contribution is 2.08. The molecule has 1 rings (SSSR count). The summed E-state index contributed by atoms with van der Waals surface area (Å²) in [6, 6.07) is -1.38. The fourth-order valence-electron chi connectivity index (χ4n) is 1.24. The fraction of sp³-hybridized carbons (Fsp3) is 0.714. The third-order valence-electron chi connectivity index (χ3n) is 2.01. The predicted molar refractivity (Wildman–Crippen MR) is 43.0 cm³/mol. The van der Waals surface area contributed by atoms with E-state index in [1.54, 1.807) is 0 Å². The van der Waals surface area contributed by atoms with Crippen LogP contribution in [0, 0.1) is 0 Å². The summed E-state index contributed by atoms with van der Waals surface area (Å²) in [5.41, 5.74) is 4.96. The van der Waals surface area contributed by atoms with Gasteiger partial charge in [-0.2, -0.15) is 0 Å². The lowest BCUT2D eigenvalue weighted by Gasteiger charge is -2.12. The summed E-state index contributed by atoms with van der Waals surface area (Å²) in [4.78, 5) is 21.1. The molecule has 1 aliphatic rings. The molecule has 2 atom stereocenters. The van der Waals surface area contributed by atoms with Crippen molar-refractivity contribution in [2.75, 3.05) is 0 Å². The van der Waals surface area contributed by atoms with Crippen molar-refractivity contribution in [1.29, 1.82) is 0 Å². The van der Waals surface area contributed by atoms with Crippen LogP contribution in [0.3, 0.4) is 0 Å². The zero-order chi connectivity index (χ0) is 9.84. The van der Waals surface area contributed by atoms with E-state index in [1.807, 2.05) is 0 Å². The van der Waals surface area contributed by atoms with E-state index < -0.39 is 24.0 Å². The largest absolute Gasteiger partial charge is 0.480 e. The molecule has 0 aromatic heterocycles. The van der Waals surface area contributed by atoms with E-state index in [-0.39, 0.29) is 0 Å². The summed E-state index contributed by atoms with van der Waals surface area (Å²) in [5, 5.41) is 17.3. The van der Waals surface area contributed by atoms with Crippen LogP contribution in [-0.2, 0) is 9.59 Å². The Morgan fingerprint density at radius 2 is 1.38 bits per heavy atom. The first kappa shape index (κ1) is 9.94. The number of rotatable bonds is 2. The first-order chi connectivity index (χ1) is 6.11. The van der Waals surface area contributed by atoms with Crippen LogP contribution in [0.5, 0.6) is 0 Å². The van der Waals surface area contributed by atoms with Crippen molar-refractivity contribution >= 4 is 11.9 Å². The molecule has 4 N–H and O–H groups in total. The fourth-order valence-corrected chi connectivity index (χ4v) is 1.24. The minimum atomic E-state index is -0.960. The Balaban J connectivity index is 2.48. The van der Waals surface area contributed by atoms with Gasteiger partial charge in [-0.25, -0.2) is 10.9 Å². The molecule has 1 fully saturated rings. The quantitative estimate of drug-likeness (QED) is 0.451. The maximum Gasteiger partial charge on any atom is 0.322 e. The monoisotopic (exact) mass is 188 g/mol. The van der Waals surface area contributed by atoms with E-state index in [0.29, 0.717) is 19.3 Å². The summed E-state index contributed by atoms with van der Waals surface area (Å²) >= 11 is 0. The zero-order valence-corrected chi connectivity index (χ0v) is 6.99. The molecule has 1 saturated heterocycles. The molecule has 13 heavy (non-hydrogen) atoms. The van der Waals surface area contributed by atoms with Gasteiger partial charge in [-0.05, 0) is 19.3 Å². The number of carboxylic acids is 2. The van der Waals surface area contributed by atoms with Crippen molar-refractivity contribution in [3.8, 4) is 0 Å². The summed E-state index contributed by atoms with van der Waals surface area (Å²) in [6.45, 7) is 0. The lowest BCUT2D eigenvalue weighted by Crippen LogP contribution is -2.50. The highest BCUT2D eigenvalue weighted by molar-refractivity contribution is 5.75. The Kier molecular flexibility index (Phi) is 3.21. The van der Waals surface area contributed by atoms with Gasteiger partial charge < -0.3 is 10.2 Å². The van der Waals surface area contributed by atoms with Crippen molar-refractivity contribution in [1.82, 2.24) is 10.9 Å². The van der Waals surface area contributed by atoms with Crippen LogP contribution in [0.1, 0.15) is 19.3 Å². The molecule has 0 aromatic rings. The van der Waals surface area contributed by atoms with E-state index in [2.05, 4.69) is 10.9 Å². The summed E-state index contributed by atoms with van der Waals surface area (Å²) in [7, 11) is 0. The van der Waals surface area contributed by atoms with Crippen LogP contribution in [0.2, 0.25) is 0 Å². The van der Waals surface area contributed by atoms with Crippen LogP contribution >= 0.6 is 0 Å². The minimum Gasteiger partial charge on any atom is -0.480 e. The van der Waals surface area contributed by atoms with Crippen LogP contribution in [0.15, 0.2) is 0 Å². The van der Waals surface area contributed by atoms with Gasteiger partial charge in [-0.3, -0.25) is 9.59 Å². The third-order valence-corrected chi connectivity index (χ3v) is 2.01.